The molecular weight excluding hydrogens is 675 g/mol. The highest BCUT2D eigenvalue weighted by Crippen LogP contribution is 2.32. The van der Waals surface area contributed by atoms with E-state index in [2.05, 4.69) is 65.8 Å². The molecule has 0 radical (unpaired) electrons. The number of carbonyl (C=O) groups is 2. The molecule has 0 bridgehead atoms. The third-order valence-electron chi connectivity index (χ3n) is 10.1. The summed E-state index contributed by atoms with van der Waals surface area (Å²) < 4.78 is 5.40. The molecule has 8 nitrogen and oxygen atoms in total. The van der Waals surface area contributed by atoms with Crippen molar-refractivity contribution in [1.29, 1.82) is 0 Å². The summed E-state index contributed by atoms with van der Waals surface area (Å²) in [5.74, 6) is 1.37. The number of benzene rings is 3. The molecular formula is C46H59N3O5. The summed E-state index contributed by atoms with van der Waals surface area (Å²) in [7, 11) is 3.44. The second-order valence-corrected chi connectivity index (χ2v) is 14.6. The Labute approximate surface area is 321 Å². The van der Waals surface area contributed by atoms with E-state index in [-0.39, 0.29) is 30.3 Å². The van der Waals surface area contributed by atoms with Crippen LogP contribution < -0.4 is 15.8 Å². The molecule has 0 aliphatic rings. The summed E-state index contributed by atoms with van der Waals surface area (Å²) >= 11 is 0. The number of nitrogens with one attached hydrogen (secondary N) is 1. The summed E-state index contributed by atoms with van der Waals surface area (Å²) in [6, 6.07) is 24.6. The summed E-state index contributed by atoms with van der Waals surface area (Å²) in [5.41, 5.74) is 13.6. The average molecular weight is 734 g/mol. The van der Waals surface area contributed by atoms with Gasteiger partial charge in [0.1, 0.15) is 11.6 Å². The number of aryl methyl sites for hydroxylation is 4. The van der Waals surface area contributed by atoms with Gasteiger partial charge in [-0.25, -0.2) is 4.98 Å². The van der Waals surface area contributed by atoms with Crippen LogP contribution in [0.3, 0.4) is 0 Å². The van der Waals surface area contributed by atoms with Crippen molar-refractivity contribution in [1.82, 2.24) is 10.3 Å². The molecule has 54 heavy (non-hydrogen) atoms. The number of phenols is 1. The summed E-state index contributed by atoms with van der Waals surface area (Å²) in [4.78, 5) is 30.2. The highest BCUT2D eigenvalue weighted by molar-refractivity contribution is 6.06. The molecule has 0 aliphatic heterocycles. The van der Waals surface area contributed by atoms with Crippen molar-refractivity contribution < 1.29 is 24.5 Å². The lowest BCUT2D eigenvalue weighted by atomic mass is 9.87. The van der Waals surface area contributed by atoms with E-state index in [0.29, 0.717) is 41.8 Å². The van der Waals surface area contributed by atoms with Crippen molar-refractivity contribution >= 4 is 23.5 Å². The highest BCUT2D eigenvalue weighted by atomic mass is 16.5. The molecule has 2 atom stereocenters. The number of aliphatic hydroxyl groups excluding tert-OH is 1. The lowest BCUT2D eigenvalue weighted by Crippen LogP contribution is -2.19. The van der Waals surface area contributed by atoms with Gasteiger partial charge in [-0.1, -0.05) is 74.0 Å². The van der Waals surface area contributed by atoms with Gasteiger partial charge in [-0.2, -0.15) is 0 Å². The smallest absolute Gasteiger partial charge is 0.163 e. The minimum atomic E-state index is -0.265. The minimum absolute atomic E-state index is 0.000991. The number of Topliss-reactive ketones (excluding diaryl/α,β-unsaturated/α-hetero) is 1. The maximum absolute atomic E-state index is 13.0. The van der Waals surface area contributed by atoms with E-state index < -0.39 is 0 Å². The minimum Gasteiger partial charge on any atom is -0.504 e. The van der Waals surface area contributed by atoms with Gasteiger partial charge in [0.25, 0.3) is 0 Å². The number of nitrogens with zero attached hydrogens (tertiary/aromatic N) is 1. The number of aromatic hydroxyl groups is 1. The van der Waals surface area contributed by atoms with Crippen LogP contribution in [0.5, 0.6) is 11.5 Å². The fourth-order valence-electron chi connectivity index (χ4n) is 7.27. The second-order valence-electron chi connectivity index (χ2n) is 14.6. The maximum Gasteiger partial charge on any atom is 0.163 e. The zero-order chi connectivity index (χ0) is 38.7. The predicted octanol–water partition coefficient (Wildman–Crippen LogP) is 7.89. The van der Waals surface area contributed by atoms with Crippen LogP contribution in [0.15, 0.2) is 85.1 Å². The molecule has 4 aromatic rings. The van der Waals surface area contributed by atoms with Crippen LogP contribution in [-0.4, -0.2) is 54.1 Å². The second kappa shape index (κ2) is 22.4. The predicted molar refractivity (Wildman–Crippen MR) is 219 cm³/mol. The number of allylic oxidation sites excluding steroid dienone is 1. The van der Waals surface area contributed by atoms with E-state index in [1.54, 1.807) is 24.4 Å². The largest absolute Gasteiger partial charge is 0.504 e. The van der Waals surface area contributed by atoms with Crippen molar-refractivity contribution in [2.45, 2.75) is 84.0 Å². The van der Waals surface area contributed by atoms with E-state index in [1.165, 1.54) is 29.9 Å². The van der Waals surface area contributed by atoms with Crippen LogP contribution in [0.2, 0.25) is 0 Å². The molecule has 5 N–H and O–H groups in total. The van der Waals surface area contributed by atoms with Crippen LogP contribution in [0.1, 0.15) is 90.8 Å². The fourth-order valence-corrected chi connectivity index (χ4v) is 7.27. The lowest BCUT2D eigenvalue weighted by molar-refractivity contribution is -0.124. The third kappa shape index (κ3) is 14.2. The number of ether oxygens (including phenoxy) is 1. The molecule has 0 fully saturated rings. The molecule has 1 heterocycles. The monoisotopic (exact) mass is 733 g/mol. The molecule has 0 saturated heterocycles. The number of phenolic OH excluding ortho intramolecular Hbond substituents is 1. The molecule has 0 saturated carbocycles. The topological polar surface area (TPSA) is 135 Å². The number of nitrogens with two attached hydrogens (primary N) is 1. The first-order chi connectivity index (χ1) is 26.2. The number of nitrogen functional groups attached to an aromatic ring is 1. The Hall–Kier alpha value is -4.79. The molecule has 0 spiro atoms. The van der Waals surface area contributed by atoms with Crippen LogP contribution >= 0.6 is 0 Å². The van der Waals surface area contributed by atoms with Crippen LogP contribution in [0, 0.1) is 11.8 Å². The molecule has 4 rings (SSSR count). The standard InChI is InChI=1S/C46H59N3O5/c1-33(31-48-2)24-35(15-9-23-50)14-8-16-42(51)30-43(52)22-21-38-28-45(54-3)44(53)27-40(38)26-41-32-49-46(47)29-39(41)20-19-37-13-7-12-36(25-37)18-17-34-10-5-4-6-11-34/h4-7,10-13,21-22,25,27-29,32-33,35,48,50,53H,8-9,14-20,23-24,26,30-31H2,1-3H3,(H2,47,49). The van der Waals surface area contributed by atoms with Gasteiger partial charge in [-0.05, 0) is 146 Å². The SMILES string of the molecule is CNCC(C)CC(CCCO)CCCC(=O)CC(=O)C=Cc1cc(OC)c(O)cc1Cc1cnc(N)cc1CCc1cccc(CCc2ccccc2)c1. The van der Waals surface area contributed by atoms with Gasteiger partial charge < -0.3 is 26.0 Å². The van der Waals surface area contributed by atoms with Crippen molar-refractivity contribution in [2.24, 2.45) is 11.8 Å². The highest BCUT2D eigenvalue weighted by Gasteiger charge is 2.16. The van der Waals surface area contributed by atoms with Gasteiger partial charge in [-0.3, -0.25) is 9.59 Å². The molecule has 1 aromatic heterocycles. The number of aromatic nitrogens is 1. The van der Waals surface area contributed by atoms with E-state index in [1.807, 2.05) is 19.2 Å². The number of pyridine rings is 1. The number of carbonyl (C=O) groups excluding carboxylic acids is 2. The number of hydrogen-bond donors (Lipinski definition) is 4. The Bertz CT molecular complexity index is 1810. The molecule has 8 heteroatoms. The zero-order valence-corrected chi connectivity index (χ0v) is 32.4. The molecule has 0 aliphatic carbocycles. The van der Waals surface area contributed by atoms with Gasteiger partial charge >= 0.3 is 0 Å². The number of methoxy groups -OCH3 is 1. The molecule has 2 unspecified atom stereocenters. The fraction of sp³-hybridized carbons (Fsp3) is 0.413. The number of hydrogen-bond acceptors (Lipinski definition) is 8. The normalized spacial score (nSPS) is 12.5. The van der Waals surface area contributed by atoms with E-state index in [9.17, 15) is 19.8 Å². The van der Waals surface area contributed by atoms with Crippen molar-refractivity contribution in [3.05, 3.63) is 124 Å². The number of ketones is 2. The lowest BCUT2D eigenvalue weighted by Gasteiger charge is -2.20. The van der Waals surface area contributed by atoms with E-state index >= 15 is 0 Å². The quantitative estimate of drug-likeness (QED) is 0.0422. The first-order valence-corrected chi connectivity index (χ1v) is 19.4. The van der Waals surface area contributed by atoms with Crippen molar-refractivity contribution in [2.75, 3.05) is 33.0 Å². The van der Waals surface area contributed by atoms with Crippen molar-refractivity contribution in [3.63, 3.8) is 0 Å². The van der Waals surface area contributed by atoms with Gasteiger partial charge in [0.2, 0.25) is 0 Å². The van der Waals surface area contributed by atoms with Crippen LogP contribution in [0.4, 0.5) is 5.82 Å². The summed E-state index contributed by atoms with van der Waals surface area (Å²) in [6.45, 7) is 3.33. The Balaban J connectivity index is 1.40. The number of rotatable bonds is 24. The Kier molecular flexibility index (Phi) is 17.4. The van der Waals surface area contributed by atoms with Gasteiger partial charge in [0, 0.05) is 19.2 Å². The van der Waals surface area contributed by atoms with Crippen LogP contribution in [0.25, 0.3) is 6.08 Å². The summed E-state index contributed by atoms with van der Waals surface area (Å²) in [6.07, 6.45) is 13.5. The number of anilines is 1. The first-order valence-electron chi connectivity index (χ1n) is 19.4. The Morgan fingerprint density at radius 3 is 2.31 bits per heavy atom. The third-order valence-corrected chi connectivity index (χ3v) is 10.1. The zero-order valence-electron chi connectivity index (χ0n) is 32.4. The Morgan fingerprint density at radius 1 is 0.889 bits per heavy atom. The van der Waals surface area contributed by atoms with Crippen LogP contribution in [-0.2, 0) is 41.7 Å². The maximum atomic E-state index is 13.0. The van der Waals surface area contributed by atoms with Gasteiger partial charge in [-0.15, -0.1) is 0 Å². The van der Waals surface area contributed by atoms with E-state index in [0.717, 1.165) is 81.0 Å². The Morgan fingerprint density at radius 2 is 1.59 bits per heavy atom. The molecule has 0 amide bonds. The van der Waals surface area contributed by atoms with Gasteiger partial charge in [0.05, 0.1) is 13.5 Å². The molecule has 3 aromatic carbocycles. The average Bonchev–Trinajstić information content (AvgIpc) is 3.16. The number of aliphatic hydroxyl groups is 1. The first kappa shape index (κ1) is 42.0. The summed E-state index contributed by atoms with van der Waals surface area (Å²) in [5, 5.41) is 23.3. The van der Waals surface area contributed by atoms with E-state index in [4.69, 9.17) is 10.5 Å². The molecule has 288 valence electrons. The van der Waals surface area contributed by atoms with Crippen molar-refractivity contribution in [3.8, 4) is 11.5 Å². The van der Waals surface area contributed by atoms with Gasteiger partial charge in [0.15, 0.2) is 17.3 Å².